The molecule has 2 aromatic carbocycles. The second-order valence-electron chi connectivity index (χ2n) is 3.96. The van der Waals surface area contributed by atoms with Crippen LogP contribution in [-0.2, 0) is 0 Å². The Labute approximate surface area is 95.7 Å². The Balaban J connectivity index is 2.44. The molecule has 2 heteroatoms. The molecule has 2 aromatic rings. The fourth-order valence-corrected chi connectivity index (χ4v) is 1.80. The van der Waals surface area contributed by atoms with Gasteiger partial charge in [-0.25, -0.2) is 0 Å². The molecule has 0 fully saturated rings. The molecule has 0 aliphatic carbocycles. The van der Waals surface area contributed by atoms with E-state index in [4.69, 9.17) is 0 Å². The highest BCUT2D eigenvalue weighted by Gasteiger charge is 2.10. The first kappa shape index (κ1) is 10.9. The van der Waals surface area contributed by atoms with Crippen LogP contribution in [-0.4, -0.2) is 0 Å². The molecule has 0 bridgehead atoms. The molecule has 1 N–H and O–H groups in total. The lowest BCUT2D eigenvalue weighted by Gasteiger charge is -2.24. The van der Waals surface area contributed by atoms with Crippen LogP contribution in [0.25, 0.3) is 0 Å². The third kappa shape index (κ3) is 1.98. The van der Waals surface area contributed by atoms with Crippen molar-refractivity contribution in [2.24, 2.45) is 0 Å². The van der Waals surface area contributed by atoms with Gasteiger partial charge in [-0.2, -0.15) is 0 Å². The summed E-state index contributed by atoms with van der Waals surface area (Å²) in [6, 6.07) is 15.4. The summed E-state index contributed by atoms with van der Waals surface area (Å²) in [7, 11) is 0. The summed E-state index contributed by atoms with van der Waals surface area (Å²) in [6.45, 7) is 3.93. The lowest BCUT2D eigenvalue weighted by Crippen LogP contribution is -2.96. The summed E-state index contributed by atoms with van der Waals surface area (Å²) in [5.41, 5.74) is 3.63. The Morgan fingerprint density at radius 2 is 1.12 bits per heavy atom. The maximum atomic E-state index is 12.3. The van der Waals surface area contributed by atoms with Gasteiger partial charge in [0.15, 0.2) is 0 Å². The van der Waals surface area contributed by atoms with Crippen LogP contribution in [0.5, 0.6) is 0 Å². The zero-order valence-corrected chi connectivity index (χ0v) is 9.53. The van der Waals surface area contributed by atoms with Gasteiger partial charge in [0.2, 0.25) is 0 Å². The maximum Gasteiger partial charge on any atom is 0.139 e. The molecule has 82 valence electrons. The number of aryl methyl sites for hydroxylation is 2. The quantitative estimate of drug-likeness (QED) is 0.763. The van der Waals surface area contributed by atoms with Crippen LogP contribution in [0.4, 0.5) is 11.4 Å². The number of rotatable bonds is 2. The highest BCUT2D eigenvalue weighted by Crippen LogP contribution is 2.14. The molecule has 16 heavy (non-hydrogen) atoms. The van der Waals surface area contributed by atoms with Crippen LogP contribution < -0.4 is 5.06 Å². The van der Waals surface area contributed by atoms with E-state index >= 15 is 0 Å². The SMILES string of the molecule is Cc1ccccc1[NH+]([O-])c1ccccc1C. The fraction of sp³-hybridized carbons (Fsp3) is 0.143. The minimum absolute atomic E-state index is 0.108. The van der Waals surface area contributed by atoms with Crippen molar-refractivity contribution in [3.05, 3.63) is 64.9 Å². The Morgan fingerprint density at radius 3 is 1.50 bits per heavy atom. The molecule has 0 aliphatic rings. The number of quaternary nitrogens is 1. The van der Waals surface area contributed by atoms with E-state index in [0.717, 1.165) is 22.5 Å². The molecule has 0 spiro atoms. The van der Waals surface area contributed by atoms with Crippen molar-refractivity contribution in [1.29, 1.82) is 0 Å². The van der Waals surface area contributed by atoms with E-state index in [9.17, 15) is 5.21 Å². The van der Waals surface area contributed by atoms with Crippen LogP contribution in [0.1, 0.15) is 11.1 Å². The summed E-state index contributed by atoms with van der Waals surface area (Å²) >= 11 is 0. The lowest BCUT2D eigenvalue weighted by atomic mass is 10.1. The molecule has 0 aliphatic heterocycles. The van der Waals surface area contributed by atoms with Crippen LogP contribution in [0, 0.1) is 19.1 Å². The third-order valence-electron chi connectivity index (χ3n) is 2.78. The Morgan fingerprint density at radius 1 is 0.750 bits per heavy atom. The zero-order chi connectivity index (χ0) is 11.5. The van der Waals surface area contributed by atoms with Crippen molar-refractivity contribution in [2.45, 2.75) is 13.8 Å². The van der Waals surface area contributed by atoms with Crippen LogP contribution >= 0.6 is 0 Å². The predicted molar refractivity (Wildman–Crippen MR) is 66.0 cm³/mol. The molecular formula is C14H15NO. The number of nitrogens with one attached hydrogen (secondary N) is 1. The highest BCUT2D eigenvalue weighted by molar-refractivity contribution is 5.46. The normalized spacial score (nSPS) is 10.8. The van der Waals surface area contributed by atoms with Crippen molar-refractivity contribution < 1.29 is 5.06 Å². The minimum atomic E-state index is 0.108. The van der Waals surface area contributed by atoms with E-state index in [1.54, 1.807) is 0 Å². The smallest absolute Gasteiger partial charge is 0.139 e. The molecule has 0 saturated heterocycles. The van der Waals surface area contributed by atoms with Gasteiger partial charge < -0.3 is 10.3 Å². The molecule has 0 saturated carbocycles. The standard InChI is InChI=1S/C14H15NO/c1-11-7-3-5-9-13(11)15(16)14-10-6-4-8-12(14)2/h3-10,15H,1-2H3. The first-order chi connectivity index (χ1) is 7.70. The minimum Gasteiger partial charge on any atom is -0.623 e. The Kier molecular flexibility index (Phi) is 3.04. The summed E-state index contributed by atoms with van der Waals surface area (Å²) in [5.74, 6) is 0. The molecule has 0 aromatic heterocycles. The Hall–Kier alpha value is -1.64. The van der Waals surface area contributed by atoms with Gasteiger partial charge in [0, 0.05) is 23.3 Å². The summed E-state index contributed by atoms with van der Waals surface area (Å²) in [5, 5.41) is 12.4. The number of para-hydroxylation sites is 2. The van der Waals surface area contributed by atoms with Crippen molar-refractivity contribution >= 4 is 11.4 Å². The van der Waals surface area contributed by atoms with E-state index in [1.165, 1.54) is 0 Å². The van der Waals surface area contributed by atoms with Crippen molar-refractivity contribution in [2.75, 3.05) is 0 Å². The zero-order valence-electron chi connectivity index (χ0n) is 9.53. The third-order valence-corrected chi connectivity index (χ3v) is 2.78. The summed E-state index contributed by atoms with van der Waals surface area (Å²) in [4.78, 5) is 0. The molecule has 2 rings (SSSR count). The van der Waals surface area contributed by atoms with Gasteiger partial charge in [-0.3, -0.25) is 0 Å². The first-order valence-corrected chi connectivity index (χ1v) is 5.36. The number of benzene rings is 2. The molecule has 0 atom stereocenters. The Bertz CT molecular complexity index is 448. The van der Waals surface area contributed by atoms with Crippen molar-refractivity contribution in [3.63, 3.8) is 0 Å². The van der Waals surface area contributed by atoms with E-state index in [1.807, 2.05) is 62.4 Å². The average molecular weight is 213 g/mol. The average Bonchev–Trinajstić information content (AvgIpc) is 2.29. The number of hydrogen-bond donors (Lipinski definition) is 1. The monoisotopic (exact) mass is 213 g/mol. The van der Waals surface area contributed by atoms with E-state index in [-0.39, 0.29) is 5.06 Å². The summed E-state index contributed by atoms with van der Waals surface area (Å²) in [6.07, 6.45) is 0. The van der Waals surface area contributed by atoms with E-state index in [0.29, 0.717) is 0 Å². The van der Waals surface area contributed by atoms with Crippen LogP contribution in [0.15, 0.2) is 48.5 Å². The first-order valence-electron chi connectivity index (χ1n) is 5.36. The lowest BCUT2D eigenvalue weighted by molar-refractivity contribution is -0.699. The predicted octanol–water partition coefficient (Wildman–Crippen LogP) is 2.65. The highest BCUT2D eigenvalue weighted by atomic mass is 16.5. The van der Waals surface area contributed by atoms with Gasteiger partial charge in [-0.15, -0.1) is 0 Å². The van der Waals surface area contributed by atoms with Crippen molar-refractivity contribution in [3.8, 4) is 0 Å². The van der Waals surface area contributed by atoms with Crippen molar-refractivity contribution in [1.82, 2.24) is 0 Å². The van der Waals surface area contributed by atoms with E-state index < -0.39 is 0 Å². The second-order valence-corrected chi connectivity index (χ2v) is 3.96. The molecule has 0 heterocycles. The van der Waals surface area contributed by atoms with Gasteiger partial charge in [-0.05, 0) is 13.8 Å². The van der Waals surface area contributed by atoms with E-state index in [2.05, 4.69) is 0 Å². The molecule has 0 radical (unpaired) electrons. The second kappa shape index (κ2) is 4.47. The van der Waals surface area contributed by atoms with Gasteiger partial charge in [0.05, 0.1) is 0 Å². The maximum absolute atomic E-state index is 12.3. The van der Waals surface area contributed by atoms with Gasteiger partial charge in [0.25, 0.3) is 0 Å². The topological polar surface area (TPSA) is 27.5 Å². The fourth-order valence-electron chi connectivity index (χ4n) is 1.80. The number of hydrogen-bond acceptors (Lipinski definition) is 1. The van der Waals surface area contributed by atoms with Crippen LogP contribution in [0.2, 0.25) is 0 Å². The van der Waals surface area contributed by atoms with Gasteiger partial charge in [-0.1, -0.05) is 36.4 Å². The molecular weight excluding hydrogens is 198 g/mol. The largest absolute Gasteiger partial charge is 0.623 e. The summed E-state index contributed by atoms with van der Waals surface area (Å²) < 4.78 is 0. The molecule has 0 unspecified atom stereocenters. The van der Waals surface area contributed by atoms with Gasteiger partial charge >= 0.3 is 0 Å². The van der Waals surface area contributed by atoms with Gasteiger partial charge in [0.1, 0.15) is 11.4 Å². The molecule has 2 nitrogen and oxygen atoms in total. The van der Waals surface area contributed by atoms with Crippen LogP contribution in [0.3, 0.4) is 0 Å². The molecule has 0 amide bonds.